The van der Waals surface area contributed by atoms with Crippen molar-refractivity contribution in [2.75, 3.05) is 13.2 Å². The Morgan fingerprint density at radius 3 is 2.65 bits per heavy atom. The average molecular weight is 331 g/mol. The van der Waals surface area contributed by atoms with E-state index >= 15 is 0 Å². The highest BCUT2D eigenvalue weighted by Gasteiger charge is 2.16. The Bertz CT molecular complexity index is 977. The summed E-state index contributed by atoms with van der Waals surface area (Å²) in [5.41, 5.74) is 1.09. The van der Waals surface area contributed by atoms with Crippen molar-refractivity contribution in [1.82, 2.24) is 0 Å². The van der Waals surface area contributed by atoms with Gasteiger partial charge in [-0.2, -0.15) is 0 Å². The number of aromatic hydroxyl groups is 1. The number of halogens is 1. The Morgan fingerprint density at radius 1 is 1.04 bits per heavy atom. The predicted octanol–water partition coefficient (Wildman–Crippen LogP) is 3.59. The number of phenols is 1. The monoisotopic (exact) mass is 330 g/mol. The number of rotatable bonds is 1. The van der Waals surface area contributed by atoms with Gasteiger partial charge >= 0.3 is 0 Å². The summed E-state index contributed by atoms with van der Waals surface area (Å²) in [6, 6.07) is 8.01. The minimum Gasteiger partial charge on any atom is -0.506 e. The molecule has 2 aromatic carbocycles. The number of hydrogen-bond acceptors (Lipinski definition) is 5. The number of fused-ring (bicyclic) bond motifs is 2. The van der Waals surface area contributed by atoms with Gasteiger partial charge in [-0.25, -0.2) is 0 Å². The van der Waals surface area contributed by atoms with Crippen molar-refractivity contribution in [3.8, 4) is 28.4 Å². The van der Waals surface area contributed by atoms with E-state index < -0.39 is 0 Å². The van der Waals surface area contributed by atoms with Gasteiger partial charge in [-0.15, -0.1) is 0 Å². The van der Waals surface area contributed by atoms with Gasteiger partial charge in [-0.1, -0.05) is 17.7 Å². The summed E-state index contributed by atoms with van der Waals surface area (Å²) < 4.78 is 16.5. The molecule has 23 heavy (non-hydrogen) atoms. The largest absolute Gasteiger partial charge is 0.506 e. The SMILES string of the molecule is O=c1c(-c2ccc3c(c2)OCCO3)coc2cc(O)c(Cl)cc12. The fraction of sp³-hybridized carbons (Fsp3) is 0.118. The lowest BCUT2D eigenvalue weighted by Gasteiger charge is -2.18. The second kappa shape index (κ2) is 5.21. The molecule has 4 rings (SSSR count). The molecule has 3 aromatic rings. The molecule has 6 heteroatoms. The molecule has 116 valence electrons. The maximum absolute atomic E-state index is 12.7. The second-order valence-electron chi connectivity index (χ2n) is 5.14. The zero-order chi connectivity index (χ0) is 16.0. The molecule has 2 heterocycles. The van der Waals surface area contributed by atoms with Crippen LogP contribution in [0.5, 0.6) is 17.2 Å². The van der Waals surface area contributed by atoms with Crippen LogP contribution in [0.1, 0.15) is 0 Å². The molecule has 0 atom stereocenters. The summed E-state index contributed by atoms with van der Waals surface area (Å²) in [5.74, 6) is 1.12. The van der Waals surface area contributed by atoms with Gasteiger partial charge < -0.3 is 19.0 Å². The first-order valence-corrected chi connectivity index (χ1v) is 7.35. The third-order valence-corrected chi connectivity index (χ3v) is 4.00. The van der Waals surface area contributed by atoms with E-state index in [2.05, 4.69) is 0 Å². The van der Waals surface area contributed by atoms with Gasteiger partial charge in [-0.05, 0) is 23.8 Å². The van der Waals surface area contributed by atoms with Crippen molar-refractivity contribution in [3.05, 3.63) is 51.8 Å². The molecule has 0 unspecified atom stereocenters. The summed E-state index contributed by atoms with van der Waals surface area (Å²) >= 11 is 5.89. The highest BCUT2D eigenvalue weighted by Crippen LogP contribution is 2.34. The fourth-order valence-electron chi connectivity index (χ4n) is 2.55. The first kappa shape index (κ1) is 14.0. The molecule has 0 bridgehead atoms. The molecule has 1 aliphatic heterocycles. The molecule has 0 aliphatic carbocycles. The molecule has 0 fully saturated rings. The van der Waals surface area contributed by atoms with Gasteiger partial charge in [0.15, 0.2) is 11.5 Å². The van der Waals surface area contributed by atoms with E-state index in [9.17, 15) is 9.90 Å². The molecule has 0 radical (unpaired) electrons. The molecule has 1 aromatic heterocycles. The van der Waals surface area contributed by atoms with E-state index in [1.807, 2.05) is 0 Å². The molecule has 1 N–H and O–H groups in total. The van der Waals surface area contributed by atoms with E-state index in [4.69, 9.17) is 25.5 Å². The maximum Gasteiger partial charge on any atom is 0.200 e. The Kier molecular flexibility index (Phi) is 3.16. The summed E-state index contributed by atoms with van der Waals surface area (Å²) in [6.07, 6.45) is 1.36. The van der Waals surface area contributed by atoms with Crippen LogP contribution in [0.15, 0.2) is 45.8 Å². The van der Waals surface area contributed by atoms with Crippen LogP contribution in [-0.4, -0.2) is 18.3 Å². The second-order valence-corrected chi connectivity index (χ2v) is 5.54. The number of hydrogen-bond donors (Lipinski definition) is 1. The maximum atomic E-state index is 12.7. The molecule has 0 amide bonds. The highest BCUT2D eigenvalue weighted by atomic mass is 35.5. The summed E-state index contributed by atoms with van der Waals surface area (Å²) in [6.45, 7) is 0.976. The van der Waals surface area contributed by atoms with Gasteiger partial charge in [0, 0.05) is 6.07 Å². The van der Waals surface area contributed by atoms with Crippen LogP contribution in [0, 0.1) is 0 Å². The highest BCUT2D eigenvalue weighted by molar-refractivity contribution is 6.32. The van der Waals surface area contributed by atoms with Gasteiger partial charge in [0.1, 0.15) is 30.8 Å². The van der Waals surface area contributed by atoms with E-state index in [1.54, 1.807) is 18.2 Å². The van der Waals surface area contributed by atoms with Crippen molar-refractivity contribution in [1.29, 1.82) is 0 Å². The molecular weight excluding hydrogens is 320 g/mol. The van der Waals surface area contributed by atoms with Crippen molar-refractivity contribution in [2.45, 2.75) is 0 Å². The van der Waals surface area contributed by atoms with E-state index in [0.29, 0.717) is 41.2 Å². The van der Waals surface area contributed by atoms with Crippen molar-refractivity contribution in [2.24, 2.45) is 0 Å². The smallest absolute Gasteiger partial charge is 0.200 e. The van der Waals surface area contributed by atoms with Crippen LogP contribution in [0.3, 0.4) is 0 Å². The minimum absolute atomic E-state index is 0.101. The molecule has 0 spiro atoms. The number of ether oxygens (including phenoxy) is 2. The number of phenolic OH excluding ortho intramolecular Hbond substituents is 1. The average Bonchev–Trinajstić information content (AvgIpc) is 2.57. The van der Waals surface area contributed by atoms with E-state index in [0.717, 1.165) is 0 Å². The Morgan fingerprint density at radius 2 is 1.83 bits per heavy atom. The quantitative estimate of drug-likeness (QED) is 0.738. The zero-order valence-electron chi connectivity index (χ0n) is 11.8. The van der Waals surface area contributed by atoms with Crippen LogP contribution < -0.4 is 14.9 Å². The van der Waals surface area contributed by atoms with Crippen LogP contribution >= 0.6 is 11.6 Å². The van der Waals surface area contributed by atoms with E-state index in [-0.39, 0.29) is 21.8 Å². The Hall–Kier alpha value is -2.66. The lowest BCUT2D eigenvalue weighted by molar-refractivity contribution is 0.171. The fourth-order valence-corrected chi connectivity index (χ4v) is 2.71. The lowest BCUT2D eigenvalue weighted by atomic mass is 10.0. The predicted molar refractivity (Wildman–Crippen MR) is 85.6 cm³/mol. The van der Waals surface area contributed by atoms with Crippen LogP contribution in [-0.2, 0) is 0 Å². The molecule has 0 saturated carbocycles. The van der Waals surface area contributed by atoms with Crippen LogP contribution in [0.4, 0.5) is 0 Å². The van der Waals surface area contributed by atoms with Crippen LogP contribution in [0.25, 0.3) is 22.1 Å². The van der Waals surface area contributed by atoms with E-state index in [1.165, 1.54) is 18.4 Å². The normalized spacial score (nSPS) is 13.3. The zero-order valence-corrected chi connectivity index (χ0v) is 12.6. The first-order valence-electron chi connectivity index (χ1n) is 6.97. The van der Waals surface area contributed by atoms with Crippen molar-refractivity contribution in [3.63, 3.8) is 0 Å². The Labute approximate surface area is 135 Å². The van der Waals surface area contributed by atoms with Crippen LogP contribution in [0.2, 0.25) is 5.02 Å². The molecular formula is C17H11ClO5. The lowest BCUT2D eigenvalue weighted by Crippen LogP contribution is -2.15. The first-order chi connectivity index (χ1) is 11.1. The standard InChI is InChI=1S/C17H11ClO5/c18-12-6-10-15(7-13(12)19)23-8-11(17(10)20)9-1-2-14-16(5-9)22-4-3-21-14/h1-2,5-8,19H,3-4H2. The van der Waals surface area contributed by atoms with Crippen molar-refractivity contribution >= 4 is 22.6 Å². The summed E-state index contributed by atoms with van der Waals surface area (Å²) in [5, 5.41) is 10.0. The minimum atomic E-state index is -0.232. The molecule has 1 aliphatic rings. The summed E-state index contributed by atoms with van der Waals surface area (Å²) in [7, 11) is 0. The van der Waals surface area contributed by atoms with Crippen molar-refractivity contribution < 1.29 is 19.0 Å². The Balaban J connectivity index is 1.91. The van der Waals surface area contributed by atoms with Gasteiger partial charge in [0.2, 0.25) is 5.43 Å². The summed E-state index contributed by atoms with van der Waals surface area (Å²) in [4.78, 5) is 12.7. The van der Waals surface area contributed by atoms with Gasteiger partial charge in [0.25, 0.3) is 0 Å². The topological polar surface area (TPSA) is 68.9 Å². The third kappa shape index (κ3) is 2.29. The third-order valence-electron chi connectivity index (χ3n) is 3.70. The number of benzene rings is 2. The van der Waals surface area contributed by atoms with Gasteiger partial charge in [0.05, 0.1) is 16.0 Å². The molecule has 5 nitrogen and oxygen atoms in total. The van der Waals surface area contributed by atoms with Gasteiger partial charge in [-0.3, -0.25) is 4.79 Å². The molecule has 0 saturated heterocycles.